The van der Waals surface area contributed by atoms with Crippen LogP contribution in [0.1, 0.15) is 5.56 Å². The molecule has 0 saturated carbocycles. The van der Waals surface area contributed by atoms with E-state index >= 15 is 0 Å². The first-order valence-electron chi connectivity index (χ1n) is 6.03. The van der Waals surface area contributed by atoms with E-state index in [1.165, 1.54) is 5.56 Å². The molecule has 0 atom stereocenters. The number of guanidine groups is 1. The summed E-state index contributed by atoms with van der Waals surface area (Å²) < 4.78 is 0. The minimum Gasteiger partial charge on any atom is -0.370 e. The van der Waals surface area contributed by atoms with Crippen LogP contribution in [0.15, 0.2) is 35.3 Å². The molecule has 1 heterocycles. The minimum atomic E-state index is 0.657. The van der Waals surface area contributed by atoms with Crippen LogP contribution in [0.25, 0.3) is 0 Å². The van der Waals surface area contributed by atoms with Crippen LogP contribution in [0.5, 0.6) is 0 Å². The highest BCUT2D eigenvalue weighted by molar-refractivity contribution is 5.77. The molecule has 0 radical (unpaired) electrons. The largest absolute Gasteiger partial charge is 0.370 e. The van der Waals surface area contributed by atoms with Gasteiger partial charge in [-0.1, -0.05) is 30.3 Å². The molecule has 0 spiro atoms. The third kappa shape index (κ3) is 3.20. The van der Waals surface area contributed by atoms with Crippen molar-refractivity contribution in [1.82, 2.24) is 9.80 Å². The van der Waals surface area contributed by atoms with E-state index in [1.807, 2.05) is 0 Å². The maximum atomic E-state index is 5.80. The summed E-state index contributed by atoms with van der Waals surface area (Å²) in [5.74, 6) is 0.657. The first-order chi connectivity index (χ1) is 8.29. The lowest BCUT2D eigenvalue weighted by atomic mass is 10.2. The van der Waals surface area contributed by atoms with Gasteiger partial charge in [-0.2, -0.15) is 0 Å². The van der Waals surface area contributed by atoms with Gasteiger partial charge in [-0.3, -0.25) is 9.89 Å². The van der Waals surface area contributed by atoms with Crippen molar-refractivity contribution in [2.24, 2.45) is 10.7 Å². The molecule has 2 N–H and O–H groups in total. The Kier molecular flexibility index (Phi) is 3.98. The third-order valence-corrected chi connectivity index (χ3v) is 3.17. The molecule has 0 bridgehead atoms. The number of piperazine rings is 1. The summed E-state index contributed by atoms with van der Waals surface area (Å²) in [5.41, 5.74) is 7.18. The van der Waals surface area contributed by atoms with E-state index < -0.39 is 0 Å². The number of hydrogen-bond donors (Lipinski definition) is 1. The van der Waals surface area contributed by atoms with E-state index in [4.69, 9.17) is 5.73 Å². The molecular formula is C13H20N4. The Balaban J connectivity index is 1.84. The van der Waals surface area contributed by atoms with Crippen molar-refractivity contribution in [3.63, 3.8) is 0 Å². The molecule has 1 fully saturated rings. The summed E-state index contributed by atoms with van der Waals surface area (Å²) in [6.07, 6.45) is 0. The maximum Gasteiger partial charge on any atom is 0.191 e. The molecule has 0 amide bonds. The summed E-state index contributed by atoms with van der Waals surface area (Å²) in [7, 11) is 1.74. The van der Waals surface area contributed by atoms with Crippen LogP contribution in [0.3, 0.4) is 0 Å². The van der Waals surface area contributed by atoms with Gasteiger partial charge in [-0.05, 0) is 5.56 Å². The van der Waals surface area contributed by atoms with Gasteiger partial charge in [0.05, 0.1) is 0 Å². The number of rotatable bonds is 2. The van der Waals surface area contributed by atoms with Gasteiger partial charge in [0.25, 0.3) is 0 Å². The zero-order valence-corrected chi connectivity index (χ0v) is 10.3. The van der Waals surface area contributed by atoms with Crippen molar-refractivity contribution < 1.29 is 0 Å². The number of benzene rings is 1. The van der Waals surface area contributed by atoms with Crippen LogP contribution >= 0.6 is 0 Å². The number of hydrogen-bond acceptors (Lipinski definition) is 2. The van der Waals surface area contributed by atoms with Crippen LogP contribution in [0.4, 0.5) is 0 Å². The standard InChI is InChI=1S/C13H20N4/c1-15-13(14)17-9-7-16(8-10-17)11-12-5-3-2-4-6-12/h2-6H,7-11H2,1H3,(H2,14,15). The fourth-order valence-corrected chi connectivity index (χ4v) is 2.12. The van der Waals surface area contributed by atoms with Crippen LogP contribution < -0.4 is 5.73 Å². The zero-order valence-electron chi connectivity index (χ0n) is 10.3. The van der Waals surface area contributed by atoms with E-state index in [1.54, 1.807) is 7.05 Å². The Morgan fingerprint density at radius 1 is 1.18 bits per heavy atom. The Bertz CT molecular complexity index is 366. The molecular weight excluding hydrogens is 212 g/mol. The smallest absolute Gasteiger partial charge is 0.191 e. The highest BCUT2D eigenvalue weighted by atomic mass is 15.3. The molecule has 17 heavy (non-hydrogen) atoms. The normalized spacial score (nSPS) is 18.4. The quantitative estimate of drug-likeness (QED) is 0.604. The third-order valence-electron chi connectivity index (χ3n) is 3.17. The van der Waals surface area contributed by atoms with Crippen LogP contribution in [0, 0.1) is 0 Å². The van der Waals surface area contributed by atoms with Crippen molar-refractivity contribution in [3.8, 4) is 0 Å². The van der Waals surface area contributed by atoms with E-state index in [0.29, 0.717) is 5.96 Å². The molecule has 1 aromatic carbocycles. The SMILES string of the molecule is CN=C(N)N1CCN(Cc2ccccc2)CC1. The van der Waals surface area contributed by atoms with E-state index in [9.17, 15) is 0 Å². The lowest BCUT2D eigenvalue weighted by Gasteiger charge is -2.35. The Labute approximate surface area is 103 Å². The highest BCUT2D eigenvalue weighted by Crippen LogP contribution is 2.07. The molecule has 4 nitrogen and oxygen atoms in total. The van der Waals surface area contributed by atoms with Gasteiger partial charge < -0.3 is 10.6 Å². The summed E-state index contributed by atoms with van der Waals surface area (Å²) in [5, 5.41) is 0. The van der Waals surface area contributed by atoms with Crippen LogP contribution in [-0.4, -0.2) is 49.0 Å². The number of nitrogens with zero attached hydrogens (tertiary/aromatic N) is 3. The summed E-state index contributed by atoms with van der Waals surface area (Å²) in [6.45, 7) is 5.06. The van der Waals surface area contributed by atoms with Crippen molar-refractivity contribution >= 4 is 5.96 Å². The molecule has 0 aliphatic carbocycles. The predicted octanol–water partition coefficient (Wildman–Crippen LogP) is 0.749. The first-order valence-corrected chi connectivity index (χ1v) is 6.03. The fourth-order valence-electron chi connectivity index (χ4n) is 2.12. The first kappa shape index (κ1) is 11.9. The van der Waals surface area contributed by atoms with E-state index in [-0.39, 0.29) is 0 Å². The minimum absolute atomic E-state index is 0.657. The molecule has 0 unspecified atom stereocenters. The van der Waals surface area contributed by atoms with Crippen molar-refractivity contribution in [2.75, 3.05) is 33.2 Å². The van der Waals surface area contributed by atoms with Gasteiger partial charge >= 0.3 is 0 Å². The molecule has 4 heteroatoms. The zero-order chi connectivity index (χ0) is 12.1. The van der Waals surface area contributed by atoms with E-state index in [2.05, 4.69) is 45.1 Å². The molecule has 1 saturated heterocycles. The number of nitrogens with two attached hydrogens (primary N) is 1. The highest BCUT2D eigenvalue weighted by Gasteiger charge is 2.17. The fraction of sp³-hybridized carbons (Fsp3) is 0.462. The lowest BCUT2D eigenvalue weighted by molar-refractivity contribution is 0.174. The van der Waals surface area contributed by atoms with Gasteiger partial charge in [-0.25, -0.2) is 0 Å². The summed E-state index contributed by atoms with van der Waals surface area (Å²) >= 11 is 0. The van der Waals surface area contributed by atoms with E-state index in [0.717, 1.165) is 32.7 Å². The van der Waals surface area contributed by atoms with Crippen molar-refractivity contribution in [1.29, 1.82) is 0 Å². The Hall–Kier alpha value is -1.55. The molecule has 92 valence electrons. The average Bonchev–Trinajstić information content (AvgIpc) is 2.40. The van der Waals surface area contributed by atoms with Crippen LogP contribution in [-0.2, 0) is 6.54 Å². The molecule has 1 aliphatic heterocycles. The second kappa shape index (κ2) is 5.68. The Morgan fingerprint density at radius 3 is 2.41 bits per heavy atom. The summed E-state index contributed by atoms with van der Waals surface area (Å²) in [6, 6.07) is 10.6. The second-order valence-corrected chi connectivity index (χ2v) is 4.33. The van der Waals surface area contributed by atoms with Gasteiger partial charge in [0.2, 0.25) is 0 Å². The van der Waals surface area contributed by atoms with Crippen molar-refractivity contribution in [3.05, 3.63) is 35.9 Å². The lowest BCUT2D eigenvalue weighted by Crippen LogP contribution is -2.50. The van der Waals surface area contributed by atoms with Gasteiger partial charge in [0.15, 0.2) is 5.96 Å². The summed E-state index contributed by atoms with van der Waals surface area (Å²) in [4.78, 5) is 8.62. The van der Waals surface area contributed by atoms with Gasteiger partial charge in [0, 0.05) is 39.8 Å². The predicted molar refractivity (Wildman–Crippen MR) is 70.8 cm³/mol. The van der Waals surface area contributed by atoms with Gasteiger partial charge in [-0.15, -0.1) is 0 Å². The monoisotopic (exact) mass is 232 g/mol. The molecule has 1 aliphatic rings. The van der Waals surface area contributed by atoms with Gasteiger partial charge in [0.1, 0.15) is 0 Å². The number of aliphatic imine (C=N–C) groups is 1. The maximum absolute atomic E-state index is 5.80. The molecule has 2 rings (SSSR count). The Morgan fingerprint density at radius 2 is 1.82 bits per heavy atom. The topological polar surface area (TPSA) is 44.9 Å². The average molecular weight is 232 g/mol. The van der Waals surface area contributed by atoms with Crippen molar-refractivity contribution in [2.45, 2.75) is 6.54 Å². The van der Waals surface area contributed by atoms with Crippen LogP contribution in [0.2, 0.25) is 0 Å². The molecule has 0 aromatic heterocycles. The second-order valence-electron chi connectivity index (χ2n) is 4.33. The molecule has 1 aromatic rings.